The Bertz CT molecular complexity index is 1330. The number of hydrogen-bond donors (Lipinski definition) is 2. The Balaban J connectivity index is 1.36. The van der Waals surface area contributed by atoms with Crippen molar-refractivity contribution in [2.45, 2.75) is 18.3 Å². The number of carbonyl (C=O) groups is 1. The summed E-state index contributed by atoms with van der Waals surface area (Å²) < 4.78 is 14.7. The number of aromatic nitrogens is 2. The molecule has 1 spiro atoms. The normalized spacial score (nSPS) is 15.4. The van der Waals surface area contributed by atoms with Gasteiger partial charge in [0.1, 0.15) is 0 Å². The molecular formula is C28H32FN7O. The minimum Gasteiger partial charge on any atom is -0.378 e. The van der Waals surface area contributed by atoms with Crippen molar-refractivity contribution in [2.24, 2.45) is 0 Å². The first kappa shape index (κ1) is 24.7. The van der Waals surface area contributed by atoms with Crippen LogP contribution < -0.4 is 20.4 Å². The largest absolute Gasteiger partial charge is 0.378 e. The lowest BCUT2D eigenvalue weighted by Crippen LogP contribution is -2.30. The standard InChI is InChI=1S/C28H32FN7O/c1-34(2)15-5-6-25(37)36-18-28(13-14-28)22-12-9-20(16-24(22)36)31-26-23(29)17-30-27(33-26)32-19-7-10-21(11-8-19)35(3)4/h5-12,16-17H,13-15,18H2,1-4H3,(H2,30,31,32,33)/b6-5+. The molecule has 0 unspecified atom stereocenters. The van der Waals surface area contributed by atoms with Crippen LogP contribution in [0.2, 0.25) is 0 Å². The van der Waals surface area contributed by atoms with E-state index in [1.807, 2.05) is 91.4 Å². The van der Waals surface area contributed by atoms with Gasteiger partial charge in [-0.3, -0.25) is 4.79 Å². The van der Waals surface area contributed by atoms with Gasteiger partial charge in [-0.25, -0.2) is 9.37 Å². The van der Waals surface area contributed by atoms with Crippen LogP contribution in [-0.2, 0) is 10.2 Å². The minimum atomic E-state index is -0.563. The summed E-state index contributed by atoms with van der Waals surface area (Å²) >= 11 is 0. The van der Waals surface area contributed by atoms with Crippen molar-refractivity contribution in [1.29, 1.82) is 0 Å². The maximum Gasteiger partial charge on any atom is 0.250 e. The van der Waals surface area contributed by atoms with Gasteiger partial charge in [0.05, 0.1) is 6.20 Å². The average molecular weight is 502 g/mol. The second-order valence-electron chi connectivity index (χ2n) is 10.2. The summed E-state index contributed by atoms with van der Waals surface area (Å²) in [5.74, 6) is -0.260. The van der Waals surface area contributed by atoms with Crippen LogP contribution in [0.5, 0.6) is 0 Å². The van der Waals surface area contributed by atoms with E-state index in [1.165, 1.54) is 5.56 Å². The van der Waals surface area contributed by atoms with Crippen molar-refractivity contribution in [2.75, 3.05) is 61.7 Å². The molecule has 9 heteroatoms. The van der Waals surface area contributed by atoms with Gasteiger partial charge in [-0.15, -0.1) is 0 Å². The number of nitrogens with one attached hydrogen (secondary N) is 2. The number of carbonyl (C=O) groups excluding carboxylic acids is 1. The molecule has 3 aromatic rings. The molecule has 1 aliphatic carbocycles. The first-order valence-corrected chi connectivity index (χ1v) is 12.4. The van der Waals surface area contributed by atoms with Crippen molar-refractivity contribution in [3.63, 3.8) is 0 Å². The third kappa shape index (κ3) is 5.27. The van der Waals surface area contributed by atoms with Crippen molar-refractivity contribution in [3.05, 3.63) is 72.2 Å². The summed E-state index contributed by atoms with van der Waals surface area (Å²) in [5, 5.41) is 6.20. The van der Waals surface area contributed by atoms with E-state index in [9.17, 15) is 9.18 Å². The SMILES string of the molecule is CN(C)C/C=C/C(=O)N1CC2(CC2)c2ccc(Nc3nc(Nc4ccc(N(C)C)cc4)ncc3F)cc21. The number of benzene rings is 2. The molecular weight excluding hydrogens is 469 g/mol. The fraction of sp³-hybridized carbons (Fsp3) is 0.321. The molecule has 2 N–H and O–H groups in total. The summed E-state index contributed by atoms with van der Waals surface area (Å²) in [6.45, 7) is 1.38. The lowest BCUT2D eigenvalue weighted by Gasteiger charge is -2.17. The fourth-order valence-corrected chi connectivity index (χ4v) is 4.61. The van der Waals surface area contributed by atoms with Crippen LogP contribution in [0.4, 0.5) is 38.9 Å². The Hall–Kier alpha value is -3.98. The zero-order chi connectivity index (χ0) is 26.2. The van der Waals surface area contributed by atoms with Crippen LogP contribution >= 0.6 is 0 Å². The van der Waals surface area contributed by atoms with E-state index in [-0.39, 0.29) is 23.1 Å². The quantitative estimate of drug-likeness (QED) is 0.435. The topological polar surface area (TPSA) is 76.6 Å². The fourth-order valence-electron chi connectivity index (χ4n) is 4.61. The predicted molar refractivity (Wildman–Crippen MR) is 147 cm³/mol. The molecule has 0 radical (unpaired) electrons. The highest BCUT2D eigenvalue weighted by molar-refractivity contribution is 6.04. The number of anilines is 6. The molecule has 2 aliphatic rings. The van der Waals surface area contributed by atoms with Crippen LogP contribution in [-0.4, -0.2) is 62.1 Å². The van der Waals surface area contributed by atoms with Crippen molar-refractivity contribution in [3.8, 4) is 0 Å². The van der Waals surface area contributed by atoms with Crippen LogP contribution in [0.3, 0.4) is 0 Å². The monoisotopic (exact) mass is 501 g/mol. The van der Waals surface area contributed by atoms with E-state index < -0.39 is 5.82 Å². The Kier molecular flexibility index (Phi) is 6.55. The van der Waals surface area contributed by atoms with Crippen LogP contribution in [0, 0.1) is 5.82 Å². The lowest BCUT2D eigenvalue weighted by molar-refractivity contribution is -0.114. The van der Waals surface area contributed by atoms with Gasteiger partial charge in [0.25, 0.3) is 5.91 Å². The molecule has 0 saturated heterocycles. The van der Waals surface area contributed by atoms with Gasteiger partial charge in [0.2, 0.25) is 5.95 Å². The third-order valence-electron chi connectivity index (χ3n) is 6.82. The molecule has 0 bridgehead atoms. The molecule has 1 saturated carbocycles. The number of amides is 1. The average Bonchev–Trinajstić information content (AvgIpc) is 3.57. The first-order valence-electron chi connectivity index (χ1n) is 12.4. The molecule has 8 nitrogen and oxygen atoms in total. The van der Waals surface area contributed by atoms with Crippen LogP contribution in [0.15, 0.2) is 60.8 Å². The van der Waals surface area contributed by atoms with E-state index in [2.05, 4.69) is 20.6 Å². The highest BCUT2D eigenvalue weighted by Crippen LogP contribution is 2.57. The number of halogens is 1. The summed E-state index contributed by atoms with van der Waals surface area (Å²) in [6.07, 6.45) is 6.80. The van der Waals surface area contributed by atoms with E-state index in [4.69, 9.17) is 0 Å². The Labute approximate surface area is 216 Å². The maximum absolute atomic E-state index is 14.7. The van der Waals surface area contributed by atoms with Crippen LogP contribution in [0.1, 0.15) is 18.4 Å². The molecule has 2 aromatic carbocycles. The van der Waals surface area contributed by atoms with Gasteiger partial charge < -0.3 is 25.3 Å². The molecule has 1 fully saturated rings. The molecule has 1 aliphatic heterocycles. The zero-order valence-corrected chi connectivity index (χ0v) is 21.6. The van der Waals surface area contributed by atoms with E-state index in [0.717, 1.165) is 36.1 Å². The molecule has 5 rings (SSSR count). The van der Waals surface area contributed by atoms with E-state index >= 15 is 0 Å². The summed E-state index contributed by atoms with van der Waals surface area (Å²) in [4.78, 5) is 27.3. The molecule has 37 heavy (non-hydrogen) atoms. The van der Waals surface area contributed by atoms with Gasteiger partial charge >= 0.3 is 0 Å². The molecule has 0 atom stereocenters. The highest BCUT2D eigenvalue weighted by atomic mass is 19.1. The number of fused-ring (bicyclic) bond motifs is 2. The molecule has 2 heterocycles. The van der Waals surface area contributed by atoms with E-state index in [1.54, 1.807) is 6.08 Å². The number of hydrogen-bond acceptors (Lipinski definition) is 7. The second-order valence-corrected chi connectivity index (χ2v) is 10.2. The third-order valence-corrected chi connectivity index (χ3v) is 6.82. The number of likely N-dealkylation sites (N-methyl/N-ethyl adjacent to an activating group) is 1. The summed E-state index contributed by atoms with van der Waals surface area (Å²) in [7, 11) is 7.88. The highest BCUT2D eigenvalue weighted by Gasteiger charge is 2.52. The smallest absolute Gasteiger partial charge is 0.250 e. The van der Waals surface area contributed by atoms with Crippen molar-refractivity contribution < 1.29 is 9.18 Å². The molecule has 1 amide bonds. The molecule has 192 valence electrons. The van der Waals surface area contributed by atoms with Crippen molar-refractivity contribution >= 4 is 40.4 Å². The van der Waals surface area contributed by atoms with Gasteiger partial charge in [-0.1, -0.05) is 12.1 Å². The van der Waals surface area contributed by atoms with Gasteiger partial charge in [0, 0.05) is 61.4 Å². The summed E-state index contributed by atoms with van der Waals surface area (Å²) in [5.41, 5.74) is 4.63. The Morgan fingerprint density at radius 3 is 2.49 bits per heavy atom. The zero-order valence-electron chi connectivity index (χ0n) is 21.6. The lowest BCUT2D eigenvalue weighted by atomic mass is 9.98. The van der Waals surface area contributed by atoms with Crippen molar-refractivity contribution in [1.82, 2.24) is 14.9 Å². The first-order chi connectivity index (χ1) is 17.7. The van der Waals surface area contributed by atoms with Crippen LogP contribution in [0.25, 0.3) is 0 Å². The van der Waals surface area contributed by atoms with Gasteiger partial charge in [0.15, 0.2) is 11.6 Å². The minimum absolute atomic E-state index is 0.0380. The molecule has 1 aromatic heterocycles. The number of nitrogens with zero attached hydrogens (tertiary/aromatic N) is 5. The summed E-state index contributed by atoms with van der Waals surface area (Å²) in [6, 6.07) is 13.7. The maximum atomic E-state index is 14.7. The Morgan fingerprint density at radius 1 is 1.08 bits per heavy atom. The van der Waals surface area contributed by atoms with Gasteiger partial charge in [-0.2, -0.15) is 4.98 Å². The van der Waals surface area contributed by atoms with Gasteiger partial charge in [-0.05, 0) is 68.9 Å². The second kappa shape index (κ2) is 9.82. The predicted octanol–water partition coefficient (Wildman–Crippen LogP) is 4.66. The Morgan fingerprint density at radius 2 is 1.81 bits per heavy atom. The van der Waals surface area contributed by atoms with E-state index in [0.29, 0.717) is 18.8 Å². The number of rotatable bonds is 8.